The van der Waals surface area contributed by atoms with E-state index >= 15 is 0 Å². The summed E-state index contributed by atoms with van der Waals surface area (Å²) in [6.07, 6.45) is 4.25. The maximum atomic E-state index is 3.65. The van der Waals surface area contributed by atoms with Gasteiger partial charge in [0.2, 0.25) is 0 Å². The molecule has 18 heavy (non-hydrogen) atoms. The van der Waals surface area contributed by atoms with Crippen molar-refractivity contribution in [3.8, 4) is 0 Å². The van der Waals surface area contributed by atoms with Crippen LogP contribution in [-0.2, 0) is 13.6 Å². The van der Waals surface area contributed by atoms with Crippen molar-refractivity contribution in [2.24, 2.45) is 13.0 Å². The number of aromatic nitrogens is 1. The molecule has 1 aromatic carbocycles. The first kappa shape index (κ1) is 12.9. The van der Waals surface area contributed by atoms with Gasteiger partial charge < -0.3 is 9.88 Å². The van der Waals surface area contributed by atoms with Crippen LogP contribution in [-0.4, -0.2) is 4.57 Å². The van der Waals surface area contributed by atoms with Crippen LogP contribution >= 0.6 is 0 Å². The number of benzene rings is 1. The lowest BCUT2D eigenvalue weighted by atomic mass is 9.96. The highest BCUT2D eigenvalue weighted by atomic mass is 14.9. The molecule has 1 aromatic heterocycles. The fourth-order valence-electron chi connectivity index (χ4n) is 2.29. The lowest BCUT2D eigenvalue weighted by molar-refractivity contribution is 0.410. The van der Waals surface area contributed by atoms with E-state index in [1.54, 1.807) is 0 Å². The maximum Gasteiger partial charge on any atom is 0.0346 e. The summed E-state index contributed by atoms with van der Waals surface area (Å²) in [6, 6.07) is 13.2. The summed E-state index contributed by atoms with van der Waals surface area (Å²) in [4.78, 5) is 0. The SMILES string of the molecule is CC(C)C(NCc1ccn(C)c1)c1ccccc1. The minimum Gasteiger partial charge on any atom is -0.357 e. The van der Waals surface area contributed by atoms with Crippen LogP contribution in [0.5, 0.6) is 0 Å². The number of nitrogens with zero attached hydrogens (tertiary/aromatic N) is 1. The molecule has 0 fully saturated rings. The Hall–Kier alpha value is -1.54. The number of aryl methyl sites for hydroxylation is 1. The van der Waals surface area contributed by atoms with Gasteiger partial charge in [-0.25, -0.2) is 0 Å². The summed E-state index contributed by atoms with van der Waals surface area (Å²) in [7, 11) is 2.06. The van der Waals surface area contributed by atoms with E-state index in [9.17, 15) is 0 Å². The number of rotatable bonds is 5. The standard InChI is InChI=1S/C16H22N2/c1-13(2)16(15-7-5-4-6-8-15)17-11-14-9-10-18(3)12-14/h4-10,12-13,16-17H,11H2,1-3H3. The summed E-state index contributed by atoms with van der Waals surface area (Å²) < 4.78 is 2.09. The Morgan fingerprint density at radius 3 is 2.39 bits per heavy atom. The second-order valence-electron chi connectivity index (χ2n) is 5.20. The van der Waals surface area contributed by atoms with Gasteiger partial charge in [0, 0.05) is 32.0 Å². The molecular formula is C16H22N2. The van der Waals surface area contributed by atoms with E-state index in [-0.39, 0.29) is 0 Å². The first-order valence-electron chi connectivity index (χ1n) is 6.56. The molecule has 1 N–H and O–H groups in total. The van der Waals surface area contributed by atoms with Gasteiger partial charge in [0.15, 0.2) is 0 Å². The number of nitrogens with one attached hydrogen (secondary N) is 1. The van der Waals surface area contributed by atoms with Crippen molar-refractivity contribution in [1.82, 2.24) is 9.88 Å². The third-order valence-corrected chi connectivity index (χ3v) is 3.24. The average Bonchev–Trinajstić information content (AvgIpc) is 2.76. The molecule has 0 bridgehead atoms. The lowest BCUT2D eigenvalue weighted by Crippen LogP contribution is -2.25. The Morgan fingerprint density at radius 1 is 1.11 bits per heavy atom. The Balaban J connectivity index is 2.03. The normalized spacial score (nSPS) is 12.9. The summed E-state index contributed by atoms with van der Waals surface area (Å²) in [5, 5.41) is 3.65. The van der Waals surface area contributed by atoms with Gasteiger partial charge in [-0.15, -0.1) is 0 Å². The largest absolute Gasteiger partial charge is 0.357 e. The fourth-order valence-corrected chi connectivity index (χ4v) is 2.29. The quantitative estimate of drug-likeness (QED) is 0.849. The molecule has 1 unspecified atom stereocenters. The van der Waals surface area contributed by atoms with E-state index < -0.39 is 0 Å². The minimum atomic E-state index is 0.409. The second kappa shape index (κ2) is 5.87. The molecule has 0 aliphatic carbocycles. The van der Waals surface area contributed by atoms with Gasteiger partial charge in [-0.05, 0) is 23.1 Å². The molecular weight excluding hydrogens is 220 g/mol. The van der Waals surface area contributed by atoms with Crippen LogP contribution in [0.2, 0.25) is 0 Å². The van der Waals surface area contributed by atoms with Crippen LogP contribution in [0.1, 0.15) is 31.0 Å². The van der Waals surface area contributed by atoms with Crippen LogP contribution in [0.3, 0.4) is 0 Å². The minimum absolute atomic E-state index is 0.409. The first-order valence-corrected chi connectivity index (χ1v) is 6.56. The molecule has 2 nitrogen and oxygen atoms in total. The third-order valence-electron chi connectivity index (χ3n) is 3.24. The molecule has 0 amide bonds. The summed E-state index contributed by atoms with van der Waals surface area (Å²) in [5.41, 5.74) is 2.70. The van der Waals surface area contributed by atoms with Crippen LogP contribution < -0.4 is 5.32 Å². The van der Waals surface area contributed by atoms with Gasteiger partial charge >= 0.3 is 0 Å². The van der Waals surface area contributed by atoms with Crippen molar-refractivity contribution in [1.29, 1.82) is 0 Å². The van der Waals surface area contributed by atoms with Gasteiger partial charge in [0.1, 0.15) is 0 Å². The highest BCUT2D eigenvalue weighted by molar-refractivity contribution is 5.20. The highest BCUT2D eigenvalue weighted by Gasteiger charge is 2.14. The highest BCUT2D eigenvalue weighted by Crippen LogP contribution is 2.21. The Bertz CT molecular complexity index is 471. The second-order valence-corrected chi connectivity index (χ2v) is 5.20. The van der Waals surface area contributed by atoms with E-state index in [2.05, 4.69) is 79.6 Å². The zero-order valence-electron chi connectivity index (χ0n) is 11.4. The molecule has 0 saturated carbocycles. The topological polar surface area (TPSA) is 17.0 Å². The predicted octanol–water partition coefficient (Wildman–Crippen LogP) is 3.51. The molecule has 2 heteroatoms. The maximum absolute atomic E-state index is 3.65. The Morgan fingerprint density at radius 2 is 1.83 bits per heavy atom. The lowest BCUT2D eigenvalue weighted by Gasteiger charge is -2.22. The van der Waals surface area contributed by atoms with Gasteiger partial charge in [0.25, 0.3) is 0 Å². The Kier molecular flexibility index (Phi) is 4.21. The zero-order chi connectivity index (χ0) is 13.0. The predicted molar refractivity (Wildman–Crippen MR) is 76.3 cm³/mol. The molecule has 2 rings (SSSR count). The van der Waals surface area contributed by atoms with Crippen molar-refractivity contribution in [3.63, 3.8) is 0 Å². The van der Waals surface area contributed by atoms with E-state index in [4.69, 9.17) is 0 Å². The fraction of sp³-hybridized carbons (Fsp3) is 0.375. The molecule has 0 aliphatic rings. The smallest absolute Gasteiger partial charge is 0.0346 e. The van der Waals surface area contributed by atoms with Crippen molar-refractivity contribution in [2.45, 2.75) is 26.4 Å². The molecule has 1 heterocycles. The molecule has 0 saturated heterocycles. The monoisotopic (exact) mass is 242 g/mol. The van der Waals surface area contributed by atoms with E-state index in [0.717, 1.165) is 6.54 Å². The molecule has 96 valence electrons. The third kappa shape index (κ3) is 3.23. The van der Waals surface area contributed by atoms with E-state index in [1.165, 1.54) is 11.1 Å². The van der Waals surface area contributed by atoms with Crippen LogP contribution in [0.25, 0.3) is 0 Å². The molecule has 0 aliphatic heterocycles. The van der Waals surface area contributed by atoms with Crippen LogP contribution in [0, 0.1) is 5.92 Å². The zero-order valence-corrected chi connectivity index (χ0v) is 11.4. The molecule has 0 spiro atoms. The summed E-state index contributed by atoms with van der Waals surface area (Å²) >= 11 is 0. The number of hydrogen-bond donors (Lipinski definition) is 1. The van der Waals surface area contributed by atoms with Crippen molar-refractivity contribution < 1.29 is 0 Å². The van der Waals surface area contributed by atoms with Crippen molar-refractivity contribution in [3.05, 3.63) is 59.9 Å². The molecule has 1 atom stereocenters. The summed E-state index contributed by atoms with van der Waals surface area (Å²) in [5.74, 6) is 0.580. The Labute approximate surface area is 110 Å². The molecule has 2 aromatic rings. The van der Waals surface area contributed by atoms with Gasteiger partial charge in [0.05, 0.1) is 0 Å². The molecule has 0 radical (unpaired) electrons. The van der Waals surface area contributed by atoms with Crippen LogP contribution in [0.4, 0.5) is 0 Å². The number of hydrogen-bond acceptors (Lipinski definition) is 1. The average molecular weight is 242 g/mol. The van der Waals surface area contributed by atoms with Crippen LogP contribution in [0.15, 0.2) is 48.8 Å². The van der Waals surface area contributed by atoms with Gasteiger partial charge in [-0.1, -0.05) is 44.2 Å². The van der Waals surface area contributed by atoms with Crippen molar-refractivity contribution in [2.75, 3.05) is 0 Å². The van der Waals surface area contributed by atoms with Gasteiger partial charge in [-0.3, -0.25) is 0 Å². The van der Waals surface area contributed by atoms with Gasteiger partial charge in [-0.2, -0.15) is 0 Å². The van der Waals surface area contributed by atoms with E-state index in [1.807, 2.05) is 0 Å². The van der Waals surface area contributed by atoms with Crippen molar-refractivity contribution >= 4 is 0 Å². The van der Waals surface area contributed by atoms with E-state index in [0.29, 0.717) is 12.0 Å². The first-order chi connectivity index (χ1) is 8.66. The summed E-state index contributed by atoms with van der Waals surface area (Å²) in [6.45, 7) is 5.43.